The van der Waals surface area contributed by atoms with Crippen molar-refractivity contribution in [2.75, 3.05) is 45.2 Å². The highest BCUT2D eigenvalue weighted by Crippen LogP contribution is 2.29. The number of nitrogens with zero attached hydrogens (tertiary/aromatic N) is 4. The lowest BCUT2D eigenvalue weighted by molar-refractivity contribution is 0.313. The van der Waals surface area contributed by atoms with Crippen molar-refractivity contribution in [3.05, 3.63) is 53.1 Å². The van der Waals surface area contributed by atoms with E-state index >= 15 is 0 Å². The lowest BCUT2D eigenvalue weighted by Gasteiger charge is -2.34. The molecule has 6 heteroatoms. The van der Waals surface area contributed by atoms with Crippen LogP contribution in [0.15, 0.2) is 30.3 Å². The Balaban J connectivity index is 1.42. The summed E-state index contributed by atoms with van der Waals surface area (Å²) in [5, 5.41) is 3.42. The monoisotopic (exact) mass is 390 g/mol. The van der Waals surface area contributed by atoms with Gasteiger partial charge in [-0.05, 0) is 57.1 Å². The third kappa shape index (κ3) is 3.63. The summed E-state index contributed by atoms with van der Waals surface area (Å²) >= 11 is 0. The number of fused-ring (bicyclic) bond motifs is 2. The molecule has 3 heterocycles. The molecule has 2 N–H and O–H groups in total. The Bertz CT molecular complexity index is 1000. The smallest absolute Gasteiger partial charge is 0.113 e. The zero-order valence-corrected chi connectivity index (χ0v) is 17.4. The molecule has 2 aliphatic rings. The zero-order chi connectivity index (χ0) is 19.8. The Hall–Kier alpha value is -2.44. The summed E-state index contributed by atoms with van der Waals surface area (Å²) in [6.45, 7) is 4.30. The molecule has 1 atom stereocenters. The summed E-state index contributed by atoms with van der Waals surface area (Å²) in [6, 6.07) is 11.3. The summed E-state index contributed by atoms with van der Waals surface area (Å²) < 4.78 is 0. The van der Waals surface area contributed by atoms with Crippen LogP contribution >= 0.6 is 0 Å². The summed E-state index contributed by atoms with van der Waals surface area (Å²) in [4.78, 5) is 18.4. The van der Waals surface area contributed by atoms with Gasteiger partial charge < -0.3 is 20.1 Å². The van der Waals surface area contributed by atoms with Crippen molar-refractivity contribution in [1.29, 1.82) is 0 Å². The number of pyridine rings is 1. The van der Waals surface area contributed by atoms with Gasteiger partial charge in [-0.1, -0.05) is 12.1 Å². The van der Waals surface area contributed by atoms with E-state index < -0.39 is 0 Å². The van der Waals surface area contributed by atoms with Crippen LogP contribution in [0.5, 0.6) is 0 Å². The molecule has 5 rings (SSSR count). The normalized spacial score (nSPS) is 20.2. The lowest BCUT2D eigenvalue weighted by Crippen LogP contribution is -2.44. The van der Waals surface area contributed by atoms with Gasteiger partial charge in [0, 0.05) is 44.3 Å². The van der Waals surface area contributed by atoms with Crippen LogP contribution < -0.4 is 10.2 Å². The number of para-hydroxylation sites is 1. The average Bonchev–Trinajstić information content (AvgIpc) is 3.16. The predicted molar refractivity (Wildman–Crippen MR) is 118 cm³/mol. The van der Waals surface area contributed by atoms with E-state index in [1.807, 2.05) is 7.05 Å². The topological polar surface area (TPSA) is 60.1 Å². The predicted octanol–water partition coefficient (Wildman–Crippen LogP) is 2.90. The Kier molecular flexibility index (Phi) is 4.97. The molecule has 1 aliphatic heterocycles. The number of aryl methyl sites for hydroxylation is 1. The van der Waals surface area contributed by atoms with E-state index in [2.05, 4.69) is 57.5 Å². The first-order valence-electron chi connectivity index (χ1n) is 10.8. The van der Waals surface area contributed by atoms with Crippen molar-refractivity contribution in [2.24, 2.45) is 0 Å². The molecule has 0 spiro atoms. The van der Waals surface area contributed by atoms with Crippen molar-refractivity contribution in [3.8, 4) is 0 Å². The van der Waals surface area contributed by atoms with E-state index in [1.165, 1.54) is 29.8 Å². The van der Waals surface area contributed by atoms with Crippen LogP contribution in [0.4, 0.5) is 5.69 Å². The molecule has 1 saturated heterocycles. The molecular weight excluding hydrogens is 360 g/mol. The fraction of sp³-hybridized carbons (Fsp3) is 0.478. The van der Waals surface area contributed by atoms with Gasteiger partial charge in [-0.3, -0.25) is 4.98 Å². The third-order valence-electron chi connectivity index (χ3n) is 6.42. The fourth-order valence-corrected chi connectivity index (χ4v) is 4.70. The molecule has 0 radical (unpaired) electrons. The minimum atomic E-state index is 0.373. The molecule has 1 fully saturated rings. The first kappa shape index (κ1) is 18.6. The number of aromatic nitrogens is 3. The van der Waals surface area contributed by atoms with Gasteiger partial charge >= 0.3 is 0 Å². The van der Waals surface area contributed by atoms with Crippen LogP contribution in [0.25, 0.3) is 11.0 Å². The van der Waals surface area contributed by atoms with E-state index in [1.54, 1.807) is 0 Å². The summed E-state index contributed by atoms with van der Waals surface area (Å²) in [5.74, 6) is 0.992. The number of anilines is 1. The number of benzene rings is 1. The fourth-order valence-electron chi connectivity index (χ4n) is 4.70. The second-order valence-electron chi connectivity index (χ2n) is 8.40. The zero-order valence-electron chi connectivity index (χ0n) is 17.4. The van der Waals surface area contributed by atoms with Crippen molar-refractivity contribution in [3.63, 3.8) is 0 Å². The van der Waals surface area contributed by atoms with E-state index in [9.17, 15) is 0 Å². The summed E-state index contributed by atoms with van der Waals surface area (Å²) in [7, 11) is 4.22. The third-order valence-corrected chi connectivity index (χ3v) is 6.42. The second kappa shape index (κ2) is 7.76. The maximum atomic E-state index is 5.01. The van der Waals surface area contributed by atoms with Crippen LogP contribution in [0.3, 0.4) is 0 Å². The highest BCUT2D eigenvalue weighted by atomic mass is 15.3. The number of rotatable bonds is 4. The van der Waals surface area contributed by atoms with Gasteiger partial charge in [-0.15, -0.1) is 0 Å². The van der Waals surface area contributed by atoms with Gasteiger partial charge in [-0.2, -0.15) is 0 Å². The number of hydrogen-bond acceptors (Lipinski definition) is 5. The van der Waals surface area contributed by atoms with E-state index in [-0.39, 0.29) is 0 Å². The molecule has 0 amide bonds. The minimum absolute atomic E-state index is 0.373. The second-order valence-corrected chi connectivity index (χ2v) is 8.40. The molecular formula is C23H30N6. The van der Waals surface area contributed by atoms with Crippen LogP contribution in [0.1, 0.15) is 41.7 Å². The van der Waals surface area contributed by atoms with Gasteiger partial charge in [0.15, 0.2) is 0 Å². The summed E-state index contributed by atoms with van der Waals surface area (Å²) in [6.07, 6.45) is 4.28. The molecule has 0 bridgehead atoms. The van der Waals surface area contributed by atoms with Gasteiger partial charge in [0.25, 0.3) is 0 Å². The maximum Gasteiger partial charge on any atom is 0.113 e. The maximum absolute atomic E-state index is 5.01. The van der Waals surface area contributed by atoms with Crippen LogP contribution in [-0.4, -0.2) is 60.1 Å². The SMILES string of the molecule is CN[C@H]1CCCc2ccc(Cc3nc4c(N5CCN(C)CC5)cccc4[nH]3)nc21. The van der Waals surface area contributed by atoms with Gasteiger partial charge in [-0.25, -0.2) is 4.98 Å². The first-order valence-corrected chi connectivity index (χ1v) is 10.8. The number of imidazole rings is 1. The molecule has 0 saturated carbocycles. The molecule has 0 unspecified atom stereocenters. The lowest BCUT2D eigenvalue weighted by atomic mass is 9.91. The van der Waals surface area contributed by atoms with Crippen molar-refractivity contribution >= 4 is 16.7 Å². The molecule has 1 aliphatic carbocycles. The summed E-state index contributed by atoms with van der Waals surface area (Å²) in [5.41, 5.74) is 7.14. The molecule has 3 aromatic rings. The number of piperazine rings is 1. The number of nitrogens with one attached hydrogen (secondary N) is 2. The standard InChI is InChI=1S/C23H30N6/c1-24-18-6-3-5-16-9-10-17(25-22(16)18)15-21-26-19-7-4-8-20(23(19)27-21)29-13-11-28(2)12-14-29/h4,7-10,18,24H,3,5-6,11-15H2,1-2H3,(H,26,27)/t18-/m0/s1. The Morgan fingerprint density at radius 3 is 2.79 bits per heavy atom. The number of hydrogen-bond donors (Lipinski definition) is 2. The molecule has 1 aromatic carbocycles. The van der Waals surface area contributed by atoms with Gasteiger partial charge in [0.05, 0.1) is 16.9 Å². The molecule has 6 nitrogen and oxygen atoms in total. The van der Waals surface area contributed by atoms with Crippen LogP contribution in [-0.2, 0) is 12.8 Å². The number of H-pyrrole nitrogens is 1. The minimum Gasteiger partial charge on any atom is -0.367 e. The number of aromatic amines is 1. The number of likely N-dealkylation sites (N-methyl/N-ethyl adjacent to an activating group) is 1. The first-order chi connectivity index (χ1) is 14.2. The molecule has 152 valence electrons. The average molecular weight is 391 g/mol. The Labute approximate surface area is 172 Å². The van der Waals surface area contributed by atoms with Crippen molar-refractivity contribution in [2.45, 2.75) is 31.7 Å². The Morgan fingerprint density at radius 1 is 1.10 bits per heavy atom. The van der Waals surface area contributed by atoms with E-state index in [0.29, 0.717) is 6.04 Å². The van der Waals surface area contributed by atoms with Gasteiger partial charge in [0.1, 0.15) is 11.3 Å². The van der Waals surface area contributed by atoms with Crippen LogP contribution in [0, 0.1) is 0 Å². The van der Waals surface area contributed by atoms with E-state index in [4.69, 9.17) is 9.97 Å². The largest absolute Gasteiger partial charge is 0.367 e. The Morgan fingerprint density at radius 2 is 1.97 bits per heavy atom. The van der Waals surface area contributed by atoms with Crippen LogP contribution in [0.2, 0.25) is 0 Å². The highest BCUT2D eigenvalue weighted by molar-refractivity contribution is 5.89. The van der Waals surface area contributed by atoms with Crippen molar-refractivity contribution < 1.29 is 0 Å². The van der Waals surface area contributed by atoms with Crippen molar-refractivity contribution in [1.82, 2.24) is 25.2 Å². The van der Waals surface area contributed by atoms with Gasteiger partial charge in [0.2, 0.25) is 0 Å². The highest BCUT2D eigenvalue weighted by Gasteiger charge is 2.21. The van der Waals surface area contributed by atoms with E-state index in [0.717, 1.165) is 61.6 Å². The quantitative estimate of drug-likeness (QED) is 0.717. The molecule has 2 aromatic heterocycles. The molecule has 29 heavy (non-hydrogen) atoms.